The van der Waals surface area contributed by atoms with E-state index in [9.17, 15) is 26.3 Å². The molecule has 0 saturated heterocycles. The fourth-order valence-corrected chi connectivity index (χ4v) is 18.0. The van der Waals surface area contributed by atoms with Gasteiger partial charge < -0.3 is 0 Å². The van der Waals surface area contributed by atoms with Gasteiger partial charge in [-0.3, -0.25) is 0 Å². The highest BCUT2D eigenvalue weighted by Gasteiger charge is 2.48. The van der Waals surface area contributed by atoms with Crippen LogP contribution in [0.25, 0.3) is 0 Å². The Morgan fingerprint density at radius 2 is 0.567 bits per heavy atom. The number of rotatable bonds is 5. The van der Waals surface area contributed by atoms with Gasteiger partial charge in [-0.15, -0.1) is 0 Å². The molecule has 10 aliphatic rings. The normalized spacial score (nSPS) is 26.1. The van der Waals surface area contributed by atoms with Crippen molar-refractivity contribution in [3.63, 3.8) is 0 Å². The summed E-state index contributed by atoms with van der Waals surface area (Å²) in [5.41, 5.74) is 5.25. The van der Waals surface area contributed by atoms with Crippen LogP contribution < -0.4 is 0 Å². The summed E-state index contributed by atoms with van der Waals surface area (Å²) in [6.07, 6.45) is 49.3. The van der Waals surface area contributed by atoms with E-state index in [-0.39, 0.29) is 40.9 Å². The van der Waals surface area contributed by atoms with Gasteiger partial charge in [-0.25, -0.2) is 0 Å². The van der Waals surface area contributed by atoms with Crippen LogP contribution in [0.3, 0.4) is 0 Å². The molecule has 0 nitrogen and oxygen atoms in total. The lowest BCUT2D eigenvalue weighted by atomic mass is 9.51. The Balaban J connectivity index is 0. The largest absolute Gasteiger partial charge is 0.389 e. The van der Waals surface area contributed by atoms with Crippen molar-refractivity contribution in [3.05, 3.63) is 0 Å². The zero-order chi connectivity index (χ0) is 86.9. The van der Waals surface area contributed by atoms with Crippen LogP contribution in [0.15, 0.2) is 0 Å². The molecule has 0 N–H and O–H groups in total. The van der Waals surface area contributed by atoms with Crippen molar-refractivity contribution < 1.29 is 35.9 Å². The van der Waals surface area contributed by atoms with E-state index >= 15 is 0 Å². The number of hydrogen-bond acceptors (Lipinski definition) is 0. The summed E-state index contributed by atoms with van der Waals surface area (Å²) in [7, 11) is 0. The summed E-state index contributed by atoms with van der Waals surface area (Å²) in [6, 6.07) is 0. The zero-order valence-corrected chi connectivity index (χ0v) is 76.1. The van der Waals surface area contributed by atoms with Crippen molar-refractivity contribution in [3.8, 4) is 0 Å². The van der Waals surface area contributed by atoms with Crippen LogP contribution in [0.2, 0.25) is 0 Å². The van der Waals surface area contributed by atoms with Gasteiger partial charge in [-0.05, 0) is 230 Å². The lowest BCUT2D eigenvalue weighted by molar-refractivity contribution is -0.144. The summed E-state index contributed by atoms with van der Waals surface area (Å²) in [4.78, 5) is 0. The van der Waals surface area contributed by atoms with Crippen molar-refractivity contribution in [2.24, 2.45) is 108 Å². The van der Waals surface area contributed by atoms with Crippen LogP contribution in [0, 0.1) is 108 Å². The highest BCUT2D eigenvalue weighted by atomic mass is 19.4. The molecule has 6 heteroatoms. The van der Waals surface area contributed by atoms with E-state index in [0.717, 1.165) is 65.6 Å². The fraction of sp³-hybridized carbons (Fsp3) is 1.00. The number of hydrogen-bond donors (Lipinski definition) is 0. The summed E-state index contributed by atoms with van der Waals surface area (Å²) >= 11 is 0. The van der Waals surface area contributed by atoms with Crippen molar-refractivity contribution >= 4 is 0 Å². The first kappa shape index (κ1) is 92.4. The molecule has 628 valence electrons. The van der Waals surface area contributed by atoms with E-state index in [1.807, 2.05) is 69.2 Å². The van der Waals surface area contributed by atoms with Crippen LogP contribution in [0.5, 0.6) is 0 Å². The molecule has 10 aliphatic carbocycles. The minimum absolute atomic E-state index is 0.0556. The van der Waals surface area contributed by atoms with Crippen LogP contribution >= 0.6 is 0 Å². The molecule has 0 bridgehead atoms. The predicted octanol–water partition coefficient (Wildman–Crippen LogP) is 37.1. The standard InChI is InChI=1S/C16H30.C14H26.C12H22.C11H20.C7H14.2C6H11F3.C6H12.C6H14.2C5H12.C4H10/c1-13-6-8-16(9-7-13)11-14(2,3)10-15(4,5)12-16;1-12-4-6-14(7-5-12)10-8-13(2,3)9-11-14;1-11-5-9-12(10-6-11)7-3-2-4-8-12;1-10-4-8-11(9-5-10)6-2-3-7-11;1-7-5-3-2-4-6-7;2*1-3-5(2)4-6(7,8)9;1-6-4-2-3-5-6;1-5-6(2,3)4;1-5(2,3)4;1-4-5(2)3;1-4(2)3/h13H,6-12H2,1-5H3;12H,4-11H2,1-3H3;11H,2-10H2,1H3;10H,2-9H2,1H3;7H,2-6H2,1H3;2*5H,3-4H2,1-2H3;6H,2-5H2,1H3;5H2,1-4H3;1-4H3;5H,4H2,1-3H3;4H,1-3H3/t;;;;;2*5-;;;;;/m.....00...../s1/i;;;;7D;;;6D;5D2;;4D2;4D. The molecular weight excluding hydrogens is 1290 g/mol. The number of halogens is 6. The summed E-state index contributed by atoms with van der Waals surface area (Å²) in [5.74, 6) is 3.34. The summed E-state index contributed by atoms with van der Waals surface area (Å²) in [6.45, 7) is 62.3. The first-order chi connectivity index (χ1) is 49.9. The molecule has 2 atom stereocenters. The van der Waals surface area contributed by atoms with Gasteiger partial charge in [0.15, 0.2) is 0 Å². The Morgan fingerprint density at radius 1 is 0.346 bits per heavy atom. The molecule has 0 radical (unpaired) electrons. The van der Waals surface area contributed by atoms with E-state index < -0.39 is 37.9 Å². The van der Waals surface area contributed by atoms with Gasteiger partial charge in [0.2, 0.25) is 0 Å². The Hall–Kier alpha value is -0.420. The fourth-order valence-electron chi connectivity index (χ4n) is 18.0. The number of alkyl halides is 6. The Labute approximate surface area is 662 Å². The van der Waals surface area contributed by atoms with Crippen LogP contribution in [-0.2, 0) is 0 Å². The van der Waals surface area contributed by atoms with Gasteiger partial charge in [0.25, 0.3) is 0 Å². The summed E-state index contributed by atoms with van der Waals surface area (Å²) in [5, 5.41) is 0. The molecule has 0 aromatic carbocycles. The van der Waals surface area contributed by atoms with E-state index in [0.29, 0.717) is 39.9 Å². The monoisotopic (exact) mass is 1490 g/mol. The summed E-state index contributed by atoms with van der Waals surface area (Å²) < 4.78 is 120. The SMILES string of the molecule is CC(C)(C)C.CC1CCC2(CC1)CC(C)(C)CC(C)(C)C2.CC1CCC2(CC1)CCC(C)(C)CC2.CC1CCC2(CCCC2)CC1.CC1CCC2(CCCCC2)CC1.CC[C@H](C)CC(F)(F)F.CC[C@H](C)CC(F)(F)F.[2H]C(C)(C)C.[2H]C([2H])(C)C(C)(C)C.[2H]C([2H])(C)C(C)C.[2H]C1(C)CCCC1.[2H]C1(C)CCCCC1. The highest BCUT2D eigenvalue weighted by molar-refractivity contribution is 4.99. The first-order valence-electron chi connectivity index (χ1n) is 48.0. The maximum atomic E-state index is 11.5. The van der Waals surface area contributed by atoms with E-state index in [1.54, 1.807) is 92.9 Å². The van der Waals surface area contributed by atoms with Crippen molar-refractivity contribution in [1.29, 1.82) is 0 Å². The van der Waals surface area contributed by atoms with Crippen molar-refractivity contribution in [2.75, 3.05) is 0 Å². The molecule has 0 amide bonds. The quantitative estimate of drug-likeness (QED) is 0.241. The van der Waals surface area contributed by atoms with E-state index in [1.165, 1.54) is 186 Å². The smallest absolute Gasteiger partial charge is 0.171 e. The first-order valence-corrected chi connectivity index (χ1v) is 44.5. The second-order valence-electron chi connectivity index (χ2n) is 43.3. The molecule has 0 heterocycles. The zero-order valence-electron chi connectivity index (χ0n) is 83.1. The Bertz CT molecular complexity index is 2200. The average Bonchev–Trinajstić information content (AvgIpc) is 1.45. The van der Waals surface area contributed by atoms with Gasteiger partial charge in [-0.2, -0.15) is 26.3 Å². The van der Waals surface area contributed by atoms with Crippen LogP contribution in [0.1, 0.15) is 519 Å². The Kier molecular flexibility index (Phi) is 46.3. The third-order valence-corrected chi connectivity index (χ3v) is 25.3. The third-order valence-electron chi connectivity index (χ3n) is 25.3. The van der Waals surface area contributed by atoms with Crippen LogP contribution in [0.4, 0.5) is 26.3 Å². The van der Waals surface area contributed by atoms with Gasteiger partial charge in [-0.1, -0.05) is 375 Å². The van der Waals surface area contributed by atoms with Crippen LogP contribution in [-0.4, -0.2) is 12.4 Å². The minimum atomic E-state index is -3.98. The lowest BCUT2D eigenvalue weighted by Gasteiger charge is -2.54. The Morgan fingerprint density at radius 3 is 0.769 bits per heavy atom. The molecule has 10 rings (SSSR count). The van der Waals surface area contributed by atoms with Gasteiger partial charge in [0.05, 0.1) is 0 Å². The van der Waals surface area contributed by atoms with Crippen molar-refractivity contribution in [1.82, 2.24) is 0 Å². The lowest BCUT2D eigenvalue weighted by Crippen LogP contribution is -2.43. The molecule has 0 aromatic heterocycles. The van der Waals surface area contributed by atoms with Gasteiger partial charge in [0.1, 0.15) is 0 Å². The highest BCUT2D eigenvalue weighted by Crippen LogP contribution is 2.60. The average molecular weight is 1490 g/mol. The van der Waals surface area contributed by atoms with Crippen molar-refractivity contribution in [2.45, 2.75) is 522 Å². The maximum absolute atomic E-state index is 11.5. The third kappa shape index (κ3) is 58.5. The molecule has 0 unspecified atom stereocenters. The molecule has 0 aromatic rings. The molecular formula is C98H194F6. The molecule has 104 heavy (non-hydrogen) atoms. The minimum Gasteiger partial charge on any atom is -0.171 e. The van der Waals surface area contributed by atoms with E-state index in [2.05, 4.69) is 96.9 Å². The second-order valence-corrected chi connectivity index (χ2v) is 43.3. The molecule has 10 saturated carbocycles. The predicted molar refractivity (Wildman–Crippen MR) is 456 cm³/mol. The topological polar surface area (TPSA) is 0 Å². The van der Waals surface area contributed by atoms with Gasteiger partial charge >= 0.3 is 12.4 Å². The molecule has 10 fully saturated rings. The maximum Gasteiger partial charge on any atom is 0.389 e. The second kappa shape index (κ2) is 52.1. The van der Waals surface area contributed by atoms with Gasteiger partial charge in [0, 0.05) is 22.4 Å². The molecule has 0 aliphatic heterocycles. The van der Waals surface area contributed by atoms with E-state index in [4.69, 9.17) is 9.60 Å². The molecule has 4 spiro atoms.